The molecule has 23 heavy (non-hydrogen) atoms. The minimum atomic E-state index is -0.294. The Balaban J connectivity index is 2.04. The molecule has 4 heteroatoms. The summed E-state index contributed by atoms with van der Waals surface area (Å²) in [5, 5.41) is 11.4. The first-order valence-electron chi connectivity index (χ1n) is 8.07. The highest BCUT2D eigenvalue weighted by atomic mass is 16.5. The molecule has 3 rings (SSSR count). The molecule has 1 aliphatic rings. The number of nitriles is 1. The Hall–Kier alpha value is -2.54. The van der Waals surface area contributed by atoms with Gasteiger partial charge >= 0.3 is 5.97 Å². The summed E-state index contributed by atoms with van der Waals surface area (Å²) in [7, 11) is 0. The van der Waals surface area contributed by atoms with Crippen LogP contribution in [0.25, 0.3) is 10.8 Å². The third-order valence-corrected chi connectivity index (χ3v) is 4.39. The normalized spacial score (nSPS) is 16.7. The molecule has 0 saturated carbocycles. The summed E-state index contributed by atoms with van der Waals surface area (Å²) < 4.78 is 5.23. The van der Waals surface area contributed by atoms with E-state index in [1.807, 2.05) is 24.0 Å². The number of carbonyl (C=O) groups is 1. The molecule has 2 aromatic rings. The SMILES string of the molecule is CCOC(=O)[C@@H]1CCc2c(ccc3ccccc23)N1CCC#N. The second-order valence-electron chi connectivity index (χ2n) is 5.69. The molecule has 1 atom stereocenters. The van der Waals surface area contributed by atoms with Gasteiger partial charge in [0.15, 0.2) is 0 Å². The van der Waals surface area contributed by atoms with E-state index in [1.165, 1.54) is 16.3 Å². The number of ether oxygens (including phenoxy) is 1. The summed E-state index contributed by atoms with van der Waals surface area (Å²) >= 11 is 0. The number of rotatable bonds is 4. The monoisotopic (exact) mass is 308 g/mol. The summed E-state index contributed by atoms with van der Waals surface area (Å²) in [5.74, 6) is -0.191. The highest BCUT2D eigenvalue weighted by Gasteiger charge is 2.32. The number of aryl methyl sites for hydroxylation is 1. The van der Waals surface area contributed by atoms with Crippen molar-refractivity contribution in [2.24, 2.45) is 0 Å². The molecule has 0 bridgehead atoms. The lowest BCUT2D eigenvalue weighted by Gasteiger charge is -2.37. The van der Waals surface area contributed by atoms with Gasteiger partial charge in [0.1, 0.15) is 6.04 Å². The van der Waals surface area contributed by atoms with E-state index in [0.717, 1.165) is 18.5 Å². The van der Waals surface area contributed by atoms with E-state index in [2.05, 4.69) is 30.3 Å². The lowest BCUT2D eigenvalue weighted by Crippen LogP contribution is -2.46. The van der Waals surface area contributed by atoms with Crippen molar-refractivity contribution in [1.29, 1.82) is 5.26 Å². The maximum atomic E-state index is 12.3. The fourth-order valence-corrected chi connectivity index (χ4v) is 3.39. The molecule has 0 saturated heterocycles. The van der Waals surface area contributed by atoms with E-state index in [9.17, 15) is 4.79 Å². The Morgan fingerprint density at radius 1 is 1.35 bits per heavy atom. The quantitative estimate of drug-likeness (QED) is 0.812. The smallest absolute Gasteiger partial charge is 0.328 e. The number of carbonyl (C=O) groups excluding carboxylic acids is 1. The van der Waals surface area contributed by atoms with Crippen molar-refractivity contribution >= 4 is 22.4 Å². The van der Waals surface area contributed by atoms with Crippen LogP contribution >= 0.6 is 0 Å². The Bertz CT molecular complexity index is 764. The minimum absolute atomic E-state index is 0.191. The van der Waals surface area contributed by atoms with E-state index >= 15 is 0 Å². The van der Waals surface area contributed by atoms with Crippen molar-refractivity contribution in [3.05, 3.63) is 42.0 Å². The number of benzene rings is 2. The van der Waals surface area contributed by atoms with Crippen LogP contribution in [0.4, 0.5) is 5.69 Å². The van der Waals surface area contributed by atoms with Gasteiger partial charge in [-0.3, -0.25) is 0 Å². The summed E-state index contributed by atoms with van der Waals surface area (Å²) in [6.45, 7) is 2.75. The summed E-state index contributed by atoms with van der Waals surface area (Å²) in [6, 6.07) is 14.3. The molecule has 0 N–H and O–H groups in total. The van der Waals surface area contributed by atoms with Crippen LogP contribution < -0.4 is 4.90 Å². The summed E-state index contributed by atoms with van der Waals surface area (Å²) in [4.78, 5) is 14.3. The van der Waals surface area contributed by atoms with E-state index in [0.29, 0.717) is 19.6 Å². The zero-order valence-corrected chi connectivity index (χ0v) is 13.3. The van der Waals surface area contributed by atoms with Gasteiger partial charge in [-0.25, -0.2) is 4.79 Å². The molecule has 1 heterocycles. The van der Waals surface area contributed by atoms with Gasteiger partial charge in [-0.05, 0) is 42.2 Å². The Morgan fingerprint density at radius 2 is 2.17 bits per heavy atom. The zero-order chi connectivity index (χ0) is 16.2. The molecule has 1 aliphatic heterocycles. The van der Waals surface area contributed by atoms with Gasteiger partial charge in [0, 0.05) is 12.2 Å². The fourth-order valence-electron chi connectivity index (χ4n) is 3.39. The molecular formula is C19H20N2O2. The Labute approximate surface area is 136 Å². The maximum Gasteiger partial charge on any atom is 0.328 e. The minimum Gasteiger partial charge on any atom is -0.464 e. The number of hydrogen-bond donors (Lipinski definition) is 0. The molecule has 0 aromatic heterocycles. The maximum absolute atomic E-state index is 12.3. The molecular weight excluding hydrogens is 288 g/mol. The van der Waals surface area contributed by atoms with Crippen molar-refractivity contribution in [3.63, 3.8) is 0 Å². The number of fused-ring (bicyclic) bond motifs is 3. The molecule has 0 radical (unpaired) electrons. The van der Waals surface area contributed by atoms with Gasteiger partial charge in [0.05, 0.1) is 19.1 Å². The Kier molecular flexibility index (Phi) is 4.47. The third-order valence-electron chi connectivity index (χ3n) is 4.39. The van der Waals surface area contributed by atoms with Crippen molar-refractivity contribution in [2.75, 3.05) is 18.1 Å². The lowest BCUT2D eigenvalue weighted by atomic mass is 9.91. The third kappa shape index (κ3) is 2.87. The van der Waals surface area contributed by atoms with Crippen LogP contribution in [-0.4, -0.2) is 25.2 Å². The predicted octanol–water partition coefficient (Wildman–Crippen LogP) is 3.44. The van der Waals surface area contributed by atoms with E-state index in [-0.39, 0.29) is 12.0 Å². The van der Waals surface area contributed by atoms with Crippen LogP contribution in [0.2, 0.25) is 0 Å². The van der Waals surface area contributed by atoms with Crippen molar-refractivity contribution < 1.29 is 9.53 Å². The van der Waals surface area contributed by atoms with Crippen molar-refractivity contribution in [1.82, 2.24) is 0 Å². The average Bonchev–Trinajstić information content (AvgIpc) is 2.59. The molecule has 0 fully saturated rings. The molecule has 0 spiro atoms. The van der Waals surface area contributed by atoms with Crippen LogP contribution in [0.1, 0.15) is 25.3 Å². The zero-order valence-electron chi connectivity index (χ0n) is 13.3. The molecule has 0 amide bonds. The summed E-state index contributed by atoms with van der Waals surface area (Å²) in [6.07, 6.45) is 1.97. The van der Waals surface area contributed by atoms with Gasteiger partial charge in [-0.15, -0.1) is 0 Å². The Morgan fingerprint density at radius 3 is 2.96 bits per heavy atom. The van der Waals surface area contributed by atoms with Crippen LogP contribution in [0.15, 0.2) is 36.4 Å². The van der Waals surface area contributed by atoms with Crippen LogP contribution in [0.5, 0.6) is 0 Å². The molecule has 0 aliphatic carbocycles. The molecule has 4 nitrogen and oxygen atoms in total. The van der Waals surface area contributed by atoms with Crippen molar-refractivity contribution in [2.45, 2.75) is 32.2 Å². The van der Waals surface area contributed by atoms with Gasteiger partial charge in [0.2, 0.25) is 0 Å². The van der Waals surface area contributed by atoms with Crippen LogP contribution in [-0.2, 0) is 16.0 Å². The highest BCUT2D eigenvalue weighted by molar-refractivity contribution is 5.92. The predicted molar refractivity (Wildman–Crippen MR) is 90.3 cm³/mol. The topological polar surface area (TPSA) is 53.3 Å². The van der Waals surface area contributed by atoms with Gasteiger partial charge < -0.3 is 9.64 Å². The average molecular weight is 308 g/mol. The van der Waals surface area contributed by atoms with Gasteiger partial charge in [-0.2, -0.15) is 5.26 Å². The summed E-state index contributed by atoms with van der Waals surface area (Å²) in [5.41, 5.74) is 2.32. The number of esters is 1. The van der Waals surface area contributed by atoms with Crippen molar-refractivity contribution in [3.8, 4) is 6.07 Å². The fraction of sp³-hybridized carbons (Fsp3) is 0.368. The van der Waals surface area contributed by atoms with Gasteiger partial charge in [-0.1, -0.05) is 30.3 Å². The first-order valence-corrected chi connectivity index (χ1v) is 8.07. The molecule has 2 aromatic carbocycles. The van der Waals surface area contributed by atoms with E-state index < -0.39 is 0 Å². The molecule has 118 valence electrons. The van der Waals surface area contributed by atoms with Crippen LogP contribution in [0, 0.1) is 11.3 Å². The highest BCUT2D eigenvalue weighted by Crippen LogP contribution is 2.36. The second kappa shape index (κ2) is 6.70. The lowest BCUT2D eigenvalue weighted by molar-refractivity contribution is -0.145. The van der Waals surface area contributed by atoms with E-state index in [4.69, 9.17) is 10.00 Å². The van der Waals surface area contributed by atoms with Gasteiger partial charge in [0.25, 0.3) is 0 Å². The first kappa shape index (κ1) is 15.4. The number of hydrogen-bond acceptors (Lipinski definition) is 4. The molecule has 0 unspecified atom stereocenters. The van der Waals surface area contributed by atoms with Crippen LogP contribution in [0.3, 0.4) is 0 Å². The second-order valence-corrected chi connectivity index (χ2v) is 5.69. The largest absolute Gasteiger partial charge is 0.464 e. The standard InChI is InChI=1S/C19H20N2O2/c1-2-23-19(22)18-11-9-16-15-7-4-3-6-14(15)8-10-17(16)21(18)13-5-12-20/h3-4,6-8,10,18H,2,5,9,11,13H2,1H3/t18-/m0/s1. The number of anilines is 1. The van der Waals surface area contributed by atoms with E-state index in [1.54, 1.807) is 0 Å². The number of nitrogens with zero attached hydrogens (tertiary/aromatic N) is 2. The first-order chi connectivity index (χ1) is 11.3.